The van der Waals surface area contributed by atoms with E-state index in [2.05, 4.69) is 17.2 Å². The number of carbonyl (C=O) groups is 3. The molecule has 29 heavy (non-hydrogen) atoms. The van der Waals surface area contributed by atoms with Crippen LogP contribution in [0.3, 0.4) is 0 Å². The van der Waals surface area contributed by atoms with Crippen molar-refractivity contribution in [3.8, 4) is 11.8 Å². The molecule has 9 heteroatoms. The van der Waals surface area contributed by atoms with Crippen LogP contribution in [0.5, 0.6) is 0 Å². The Hall–Kier alpha value is -3.61. The average molecular weight is 399 g/mol. The van der Waals surface area contributed by atoms with E-state index in [4.69, 9.17) is 14.7 Å². The number of aliphatic hydroxyl groups is 1. The van der Waals surface area contributed by atoms with Crippen molar-refractivity contribution in [3.63, 3.8) is 0 Å². The summed E-state index contributed by atoms with van der Waals surface area (Å²) in [5.41, 5.74) is 0.919. The molecule has 0 spiro atoms. The number of aliphatic hydroxyl groups excluding tert-OH is 1. The van der Waals surface area contributed by atoms with E-state index in [9.17, 15) is 14.4 Å². The lowest BCUT2D eigenvalue weighted by Gasteiger charge is -2.34. The van der Waals surface area contributed by atoms with E-state index in [1.165, 1.54) is 44.9 Å². The summed E-state index contributed by atoms with van der Waals surface area (Å²) in [5, 5.41) is 20.3. The Bertz CT molecular complexity index is 952. The Morgan fingerprint density at radius 2 is 1.76 bits per heavy atom. The van der Waals surface area contributed by atoms with Crippen molar-refractivity contribution in [3.05, 3.63) is 59.0 Å². The van der Waals surface area contributed by atoms with Gasteiger partial charge >= 0.3 is 0 Å². The average Bonchev–Trinajstić information content (AvgIpc) is 3.23. The fraction of sp³-hybridized carbons (Fsp3) is 0.250. The van der Waals surface area contributed by atoms with Gasteiger partial charge in [0.05, 0.1) is 5.56 Å². The van der Waals surface area contributed by atoms with Gasteiger partial charge in [0.2, 0.25) is 0 Å². The summed E-state index contributed by atoms with van der Waals surface area (Å²) in [6.45, 7) is 1.01. The summed E-state index contributed by atoms with van der Waals surface area (Å²) in [6, 6.07) is 7.87. The van der Waals surface area contributed by atoms with Crippen LogP contribution in [-0.2, 0) is 16.2 Å². The Morgan fingerprint density at radius 1 is 1.14 bits per heavy atom. The minimum absolute atomic E-state index is 0.213. The van der Waals surface area contributed by atoms with Crippen molar-refractivity contribution >= 4 is 17.7 Å². The number of furan rings is 1. The number of nitrogens with one attached hydrogen (secondary N) is 2. The molecule has 0 saturated carbocycles. The van der Waals surface area contributed by atoms with Gasteiger partial charge in [-0.2, -0.15) is 0 Å². The number of benzene rings is 1. The standard InChI is InChI=1S/C20H21N3O6/c1-20(18(26)21-2,19(27)22-28)23(3)17(25)15-8-6-13(7-9-15)4-5-14-10-16(11-24)29-12-14/h6-10,12,24,28H,11H2,1-3H3,(H,21,26)(H,22,27)/t20-/m0/s1. The molecule has 0 aliphatic carbocycles. The summed E-state index contributed by atoms with van der Waals surface area (Å²) in [7, 11) is 2.61. The molecule has 0 unspecified atom stereocenters. The van der Waals surface area contributed by atoms with Crippen molar-refractivity contribution in [2.75, 3.05) is 14.1 Å². The maximum absolute atomic E-state index is 12.8. The van der Waals surface area contributed by atoms with E-state index in [1.54, 1.807) is 18.2 Å². The van der Waals surface area contributed by atoms with Crippen molar-refractivity contribution in [2.45, 2.75) is 19.1 Å². The maximum atomic E-state index is 12.8. The van der Waals surface area contributed by atoms with Gasteiger partial charge in [0, 0.05) is 25.2 Å². The second kappa shape index (κ2) is 9.05. The molecule has 2 aromatic rings. The highest BCUT2D eigenvalue weighted by Gasteiger charge is 2.47. The van der Waals surface area contributed by atoms with Gasteiger partial charge in [-0.05, 0) is 37.3 Å². The van der Waals surface area contributed by atoms with Gasteiger partial charge in [-0.1, -0.05) is 11.8 Å². The highest BCUT2D eigenvalue weighted by atomic mass is 16.5. The van der Waals surface area contributed by atoms with Crippen LogP contribution >= 0.6 is 0 Å². The summed E-state index contributed by atoms with van der Waals surface area (Å²) >= 11 is 0. The predicted octanol–water partition coefficient (Wildman–Crippen LogP) is 0.254. The van der Waals surface area contributed by atoms with Gasteiger partial charge in [0.1, 0.15) is 18.6 Å². The van der Waals surface area contributed by atoms with Gasteiger partial charge in [0.25, 0.3) is 17.7 Å². The van der Waals surface area contributed by atoms with Crippen molar-refractivity contribution in [1.82, 2.24) is 15.7 Å². The number of hydrogen-bond donors (Lipinski definition) is 4. The van der Waals surface area contributed by atoms with E-state index >= 15 is 0 Å². The Kier molecular flexibility index (Phi) is 6.77. The molecule has 0 saturated heterocycles. The molecule has 152 valence electrons. The highest BCUT2D eigenvalue weighted by molar-refractivity contribution is 6.12. The SMILES string of the molecule is CNC(=O)[C@@](C)(C(=O)NO)N(C)C(=O)c1ccc(C#Cc2coc(CO)c2)cc1. The molecular weight excluding hydrogens is 378 g/mol. The summed E-state index contributed by atoms with van der Waals surface area (Å²) < 4.78 is 5.08. The second-order valence-electron chi connectivity index (χ2n) is 6.24. The first-order valence-electron chi connectivity index (χ1n) is 8.53. The zero-order valence-electron chi connectivity index (χ0n) is 16.1. The molecule has 1 atom stereocenters. The molecule has 0 bridgehead atoms. The van der Waals surface area contributed by atoms with Crippen LogP contribution in [0.15, 0.2) is 41.0 Å². The first-order chi connectivity index (χ1) is 13.8. The molecule has 9 nitrogen and oxygen atoms in total. The van der Waals surface area contributed by atoms with E-state index in [0.717, 1.165) is 4.90 Å². The van der Waals surface area contributed by atoms with Crippen LogP contribution in [-0.4, -0.2) is 52.6 Å². The zero-order chi connectivity index (χ0) is 21.6. The fourth-order valence-electron chi connectivity index (χ4n) is 2.53. The molecule has 0 radical (unpaired) electrons. The number of likely N-dealkylation sites (N-methyl/N-ethyl adjacent to an activating group) is 2. The van der Waals surface area contributed by atoms with Crippen LogP contribution in [0.2, 0.25) is 0 Å². The third-order valence-electron chi connectivity index (χ3n) is 4.48. The lowest BCUT2D eigenvalue weighted by Crippen LogP contribution is -2.64. The van der Waals surface area contributed by atoms with E-state index in [1.807, 2.05) is 0 Å². The van der Waals surface area contributed by atoms with Crippen LogP contribution in [0.25, 0.3) is 0 Å². The molecule has 0 aliphatic heterocycles. The third kappa shape index (κ3) is 4.45. The van der Waals surface area contributed by atoms with E-state index < -0.39 is 23.3 Å². The molecule has 1 aromatic carbocycles. The second-order valence-corrected chi connectivity index (χ2v) is 6.24. The largest absolute Gasteiger partial charge is 0.466 e. The maximum Gasteiger partial charge on any atom is 0.278 e. The molecule has 4 N–H and O–H groups in total. The molecule has 1 aromatic heterocycles. The number of amides is 3. The summed E-state index contributed by atoms with van der Waals surface area (Å²) in [6.07, 6.45) is 1.43. The molecular formula is C20H21N3O6. The van der Waals surface area contributed by atoms with Crippen LogP contribution in [0.1, 0.15) is 34.2 Å². The third-order valence-corrected chi connectivity index (χ3v) is 4.48. The van der Waals surface area contributed by atoms with Gasteiger partial charge in [-0.25, -0.2) is 5.48 Å². The monoisotopic (exact) mass is 399 g/mol. The molecule has 2 rings (SSSR count). The minimum atomic E-state index is -1.95. The fourth-order valence-corrected chi connectivity index (χ4v) is 2.53. The van der Waals surface area contributed by atoms with Gasteiger partial charge in [0.15, 0.2) is 5.54 Å². The van der Waals surface area contributed by atoms with Crippen molar-refractivity contribution in [2.24, 2.45) is 0 Å². The Labute approximate surface area is 167 Å². The van der Waals surface area contributed by atoms with Gasteiger partial charge < -0.3 is 19.7 Å². The smallest absolute Gasteiger partial charge is 0.278 e. The summed E-state index contributed by atoms with van der Waals surface area (Å²) in [5.74, 6) is 3.78. The minimum Gasteiger partial charge on any atom is -0.466 e. The normalized spacial score (nSPS) is 12.2. The van der Waals surface area contributed by atoms with Gasteiger partial charge in [-0.3, -0.25) is 19.6 Å². The first kappa shape index (κ1) is 21.7. The lowest BCUT2D eigenvalue weighted by molar-refractivity contribution is -0.148. The van der Waals surface area contributed by atoms with Crippen molar-refractivity contribution in [1.29, 1.82) is 0 Å². The predicted molar refractivity (Wildman–Crippen MR) is 102 cm³/mol. The lowest BCUT2D eigenvalue weighted by atomic mass is 9.96. The van der Waals surface area contributed by atoms with Crippen LogP contribution < -0.4 is 10.8 Å². The Morgan fingerprint density at radius 3 is 2.28 bits per heavy atom. The van der Waals surface area contributed by atoms with Crippen LogP contribution in [0.4, 0.5) is 0 Å². The van der Waals surface area contributed by atoms with E-state index in [-0.39, 0.29) is 12.2 Å². The summed E-state index contributed by atoms with van der Waals surface area (Å²) in [4.78, 5) is 38.0. The van der Waals surface area contributed by atoms with Crippen molar-refractivity contribution < 1.29 is 29.1 Å². The molecule has 0 aliphatic rings. The number of hydrogen-bond acceptors (Lipinski definition) is 6. The first-order valence-corrected chi connectivity index (χ1v) is 8.53. The highest BCUT2D eigenvalue weighted by Crippen LogP contribution is 2.18. The number of carbonyl (C=O) groups excluding carboxylic acids is 3. The van der Waals surface area contributed by atoms with E-state index in [0.29, 0.717) is 16.9 Å². The molecule has 3 amide bonds. The number of hydroxylamine groups is 1. The number of rotatable bonds is 5. The Balaban J connectivity index is 2.23. The quantitative estimate of drug-likeness (QED) is 0.247. The molecule has 1 heterocycles. The zero-order valence-corrected chi connectivity index (χ0v) is 16.1. The van der Waals surface area contributed by atoms with Gasteiger partial charge in [-0.15, -0.1) is 0 Å². The molecule has 0 fully saturated rings. The topological polar surface area (TPSA) is 132 Å². The van der Waals surface area contributed by atoms with Crippen LogP contribution in [0, 0.1) is 11.8 Å². The number of nitrogens with zero attached hydrogens (tertiary/aromatic N) is 1.